The first-order chi connectivity index (χ1) is 6.07. The Morgan fingerprint density at radius 2 is 1.69 bits per heavy atom. The van der Waals surface area contributed by atoms with Crippen molar-refractivity contribution in [1.29, 1.82) is 0 Å². The summed E-state index contributed by atoms with van der Waals surface area (Å²) in [5.74, 6) is 0. The van der Waals surface area contributed by atoms with E-state index < -0.39 is 12.2 Å². The predicted molar refractivity (Wildman–Crippen MR) is 51.5 cm³/mol. The summed E-state index contributed by atoms with van der Waals surface area (Å²) in [6.45, 7) is 0.622. The Morgan fingerprint density at radius 1 is 1.08 bits per heavy atom. The lowest BCUT2D eigenvalue weighted by atomic mass is 10.1. The fourth-order valence-electron chi connectivity index (χ4n) is 1.15. The molecule has 0 fully saturated rings. The number of likely N-dealkylation sites (N-methyl/N-ethyl adjacent to an activating group) is 1. The normalized spacial score (nSPS) is 16.2. The monoisotopic (exact) mass is 191 g/mol. The van der Waals surface area contributed by atoms with Gasteiger partial charge in [0.2, 0.25) is 0 Å². The molecule has 3 N–H and O–H groups in total. The number of aliphatic hydroxyl groups is 3. The molecule has 0 aromatic rings. The summed E-state index contributed by atoms with van der Waals surface area (Å²) in [7, 11) is 3.70. The van der Waals surface area contributed by atoms with Gasteiger partial charge in [-0.25, -0.2) is 0 Å². The summed E-state index contributed by atoms with van der Waals surface area (Å²) in [5, 5.41) is 27.4. The first-order valence-electron chi connectivity index (χ1n) is 4.69. The number of unbranched alkanes of at least 4 members (excludes halogenated alkanes) is 1. The Morgan fingerprint density at radius 3 is 2.15 bits per heavy atom. The zero-order valence-corrected chi connectivity index (χ0v) is 8.48. The van der Waals surface area contributed by atoms with E-state index in [1.165, 1.54) is 0 Å². The molecule has 2 unspecified atom stereocenters. The number of hydrogen-bond acceptors (Lipinski definition) is 4. The number of nitrogens with zero attached hydrogens (tertiary/aromatic N) is 1. The molecule has 80 valence electrons. The van der Waals surface area contributed by atoms with Crippen molar-refractivity contribution in [3.05, 3.63) is 0 Å². The van der Waals surface area contributed by atoms with Crippen molar-refractivity contribution < 1.29 is 15.3 Å². The smallest absolute Gasteiger partial charge is 0.0925 e. The molecule has 2 atom stereocenters. The molecule has 0 saturated heterocycles. The fraction of sp³-hybridized carbons (Fsp3) is 1.00. The molecule has 0 radical (unpaired) electrons. The van der Waals surface area contributed by atoms with Crippen molar-refractivity contribution in [3.8, 4) is 0 Å². The second kappa shape index (κ2) is 7.26. The van der Waals surface area contributed by atoms with E-state index >= 15 is 0 Å². The summed E-state index contributed by atoms with van der Waals surface area (Å²) in [6.07, 6.45) is 0.631. The van der Waals surface area contributed by atoms with Gasteiger partial charge in [0.05, 0.1) is 12.2 Å². The SMILES string of the molecule is CN(C)CC(O)C(O)CCCCO. The van der Waals surface area contributed by atoms with Crippen LogP contribution >= 0.6 is 0 Å². The molecule has 0 aliphatic carbocycles. The second-order valence-corrected chi connectivity index (χ2v) is 3.62. The standard InChI is InChI=1S/C9H21NO3/c1-10(2)7-9(13)8(12)5-3-4-6-11/h8-9,11-13H,3-7H2,1-2H3. The van der Waals surface area contributed by atoms with Crippen molar-refractivity contribution >= 4 is 0 Å². The maximum atomic E-state index is 9.43. The van der Waals surface area contributed by atoms with E-state index in [1.54, 1.807) is 0 Å². The van der Waals surface area contributed by atoms with E-state index in [-0.39, 0.29) is 6.61 Å². The van der Waals surface area contributed by atoms with Gasteiger partial charge in [-0.15, -0.1) is 0 Å². The van der Waals surface area contributed by atoms with Gasteiger partial charge in [-0.2, -0.15) is 0 Å². The third-order valence-electron chi connectivity index (χ3n) is 1.90. The first-order valence-corrected chi connectivity index (χ1v) is 4.69. The molecule has 13 heavy (non-hydrogen) atoms. The van der Waals surface area contributed by atoms with Crippen LogP contribution in [0.25, 0.3) is 0 Å². The molecule has 0 heterocycles. The summed E-state index contributed by atoms with van der Waals surface area (Å²) >= 11 is 0. The molecule has 4 heteroatoms. The zero-order chi connectivity index (χ0) is 10.3. The topological polar surface area (TPSA) is 63.9 Å². The van der Waals surface area contributed by atoms with E-state index in [0.29, 0.717) is 19.4 Å². The minimum absolute atomic E-state index is 0.149. The van der Waals surface area contributed by atoms with Crippen molar-refractivity contribution in [2.45, 2.75) is 31.5 Å². The largest absolute Gasteiger partial charge is 0.396 e. The Balaban J connectivity index is 3.50. The van der Waals surface area contributed by atoms with Crippen LogP contribution in [0.1, 0.15) is 19.3 Å². The Labute approximate surface area is 79.8 Å². The molecular formula is C9H21NO3. The predicted octanol–water partition coefficient (Wildman–Crippen LogP) is -0.568. The lowest BCUT2D eigenvalue weighted by molar-refractivity contribution is -0.000469. The van der Waals surface area contributed by atoms with Gasteiger partial charge in [0.1, 0.15) is 0 Å². The average molecular weight is 191 g/mol. The average Bonchev–Trinajstić information content (AvgIpc) is 2.03. The molecular weight excluding hydrogens is 170 g/mol. The lowest BCUT2D eigenvalue weighted by Crippen LogP contribution is -2.35. The van der Waals surface area contributed by atoms with Crippen LogP contribution < -0.4 is 0 Å². The minimum atomic E-state index is -0.686. The molecule has 0 amide bonds. The lowest BCUT2D eigenvalue weighted by Gasteiger charge is -2.20. The summed E-state index contributed by atoms with van der Waals surface area (Å²) in [5.41, 5.74) is 0. The molecule has 0 rings (SSSR count). The highest BCUT2D eigenvalue weighted by Crippen LogP contribution is 2.05. The van der Waals surface area contributed by atoms with Crippen molar-refractivity contribution in [3.63, 3.8) is 0 Å². The van der Waals surface area contributed by atoms with Gasteiger partial charge in [0.15, 0.2) is 0 Å². The molecule has 0 aromatic heterocycles. The quantitative estimate of drug-likeness (QED) is 0.472. The van der Waals surface area contributed by atoms with Crippen LogP contribution in [-0.4, -0.2) is 59.7 Å². The van der Waals surface area contributed by atoms with Crippen LogP contribution in [0, 0.1) is 0 Å². The Bertz CT molecular complexity index is 119. The molecule has 0 spiro atoms. The zero-order valence-electron chi connectivity index (χ0n) is 8.48. The molecule has 0 aliphatic rings. The van der Waals surface area contributed by atoms with Gasteiger partial charge >= 0.3 is 0 Å². The van der Waals surface area contributed by atoms with E-state index in [2.05, 4.69) is 0 Å². The van der Waals surface area contributed by atoms with E-state index in [0.717, 1.165) is 6.42 Å². The van der Waals surface area contributed by atoms with Gasteiger partial charge in [-0.1, -0.05) is 0 Å². The third-order valence-corrected chi connectivity index (χ3v) is 1.90. The summed E-state index contributed by atoms with van der Waals surface area (Å²) in [4.78, 5) is 1.83. The first kappa shape index (κ1) is 12.8. The van der Waals surface area contributed by atoms with Gasteiger partial charge in [-0.3, -0.25) is 0 Å². The van der Waals surface area contributed by atoms with Crippen molar-refractivity contribution in [2.75, 3.05) is 27.2 Å². The third kappa shape index (κ3) is 6.95. The Hall–Kier alpha value is -0.160. The minimum Gasteiger partial charge on any atom is -0.396 e. The van der Waals surface area contributed by atoms with Gasteiger partial charge in [-0.05, 0) is 33.4 Å². The molecule has 4 nitrogen and oxygen atoms in total. The van der Waals surface area contributed by atoms with Crippen LogP contribution in [-0.2, 0) is 0 Å². The number of aliphatic hydroxyl groups excluding tert-OH is 3. The molecule has 0 saturated carbocycles. The van der Waals surface area contributed by atoms with Crippen LogP contribution in [0.4, 0.5) is 0 Å². The highest BCUT2D eigenvalue weighted by molar-refractivity contribution is 4.69. The highest BCUT2D eigenvalue weighted by atomic mass is 16.3. The van der Waals surface area contributed by atoms with E-state index in [1.807, 2.05) is 19.0 Å². The van der Waals surface area contributed by atoms with Crippen molar-refractivity contribution in [1.82, 2.24) is 4.90 Å². The fourth-order valence-corrected chi connectivity index (χ4v) is 1.15. The van der Waals surface area contributed by atoms with Gasteiger partial charge in [0.25, 0.3) is 0 Å². The van der Waals surface area contributed by atoms with Gasteiger partial charge < -0.3 is 20.2 Å². The maximum Gasteiger partial charge on any atom is 0.0925 e. The van der Waals surface area contributed by atoms with Crippen LogP contribution in [0.15, 0.2) is 0 Å². The van der Waals surface area contributed by atoms with E-state index in [4.69, 9.17) is 5.11 Å². The molecule has 0 aliphatic heterocycles. The van der Waals surface area contributed by atoms with E-state index in [9.17, 15) is 10.2 Å². The van der Waals surface area contributed by atoms with Gasteiger partial charge in [0, 0.05) is 13.2 Å². The maximum absolute atomic E-state index is 9.43. The Kier molecular flexibility index (Phi) is 7.17. The summed E-state index contributed by atoms with van der Waals surface area (Å²) < 4.78 is 0. The number of rotatable bonds is 7. The molecule has 0 aromatic carbocycles. The highest BCUT2D eigenvalue weighted by Gasteiger charge is 2.15. The summed E-state index contributed by atoms with van der Waals surface area (Å²) in [6, 6.07) is 0. The van der Waals surface area contributed by atoms with Crippen LogP contribution in [0.2, 0.25) is 0 Å². The van der Waals surface area contributed by atoms with Crippen molar-refractivity contribution in [2.24, 2.45) is 0 Å². The second-order valence-electron chi connectivity index (χ2n) is 3.62. The number of hydrogen-bond donors (Lipinski definition) is 3. The van der Waals surface area contributed by atoms with Crippen LogP contribution in [0.3, 0.4) is 0 Å². The van der Waals surface area contributed by atoms with Crippen LogP contribution in [0.5, 0.6) is 0 Å². The molecule has 0 bridgehead atoms.